The first-order valence-electron chi connectivity index (χ1n) is 5.88. The zero-order chi connectivity index (χ0) is 13.2. The van der Waals surface area contributed by atoms with Gasteiger partial charge in [-0.15, -0.1) is 11.6 Å². The van der Waals surface area contributed by atoms with Crippen LogP contribution in [0.4, 0.5) is 4.39 Å². The normalized spacial score (nSPS) is 11.1. The standard InChI is InChI=1S/C14H11ClFN3/c15-7-13-18-12-6-11(16)8-17-14(12)19(13)9-10-4-2-1-3-5-10/h1-6,8H,7,9H2. The van der Waals surface area contributed by atoms with E-state index < -0.39 is 5.82 Å². The number of hydrogen-bond acceptors (Lipinski definition) is 2. The van der Waals surface area contributed by atoms with Gasteiger partial charge in [0.25, 0.3) is 0 Å². The van der Waals surface area contributed by atoms with Crippen LogP contribution in [0.5, 0.6) is 0 Å². The van der Waals surface area contributed by atoms with Crippen molar-refractivity contribution < 1.29 is 4.39 Å². The minimum atomic E-state index is -0.391. The lowest BCUT2D eigenvalue weighted by molar-refractivity contribution is 0.623. The Morgan fingerprint density at radius 2 is 2.00 bits per heavy atom. The summed E-state index contributed by atoms with van der Waals surface area (Å²) in [6.07, 6.45) is 1.20. The van der Waals surface area contributed by atoms with Crippen LogP contribution in [0.1, 0.15) is 11.4 Å². The average Bonchev–Trinajstić information content (AvgIpc) is 2.77. The SMILES string of the molecule is Fc1cnc2c(c1)nc(CCl)n2Cc1ccccc1. The van der Waals surface area contributed by atoms with Crippen molar-refractivity contribution in [3.05, 3.63) is 59.8 Å². The molecule has 0 unspecified atom stereocenters. The number of nitrogens with zero attached hydrogens (tertiary/aromatic N) is 3. The molecule has 0 radical (unpaired) electrons. The van der Waals surface area contributed by atoms with Crippen LogP contribution in [0.2, 0.25) is 0 Å². The second-order valence-electron chi connectivity index (χ2n) is 4.23. The Kier molecular flexibility index (Phi) is 3.17. The smallest absolute Gasteiger partial charge is 0.160 e. The van der Waals surface area contributed by atoms with E-state index in [1.807, 2.05) is 34.9 Å². The van der Waals surface area contributed by atoms with Gasteiger partial charge in [-0.25, -0.2) is 14.4 Å². The fourth-order valence-corrected chi connectivity index (χ4v) is 2.27. The predicted octanol–water partition coefficient (Wildman–Crippen LogP) is 3.36. The number of alkyl halides is 1. The molecule has 2 aromatic heterocycles. The van der Waals surface area contributed by atoms with Crippen LogP contribution < -0.4 is 0 Å². The Labute approximate surface area is 114 Å². The van der Waals surface area contributed by atoms with Gasteiger partial charge in [-0.05, 0) is 5.56 Å². The number of aromatic nitrogens is 3. The number of benzene rings is 1. The molecular weight excluding hydrogens is 265 g/mol. The van der Waals surface area contributed by atoms with Crippen LogP contribution in [0.25, 0.3) is 11.2 Å². The van der Waals surface area contributed by atoms with Gasteiger partial charge in [-0.2, -0.15) is 0 Å². The molecule has 19 heavy (non-hydrogen) atoms. The van der Waals surface area contributed by atoms with Crippen LogP contribution in [-0.2, 0) is 12.4 Å². The van der Waals surface area contributed by atoms with E-state index >= 15 is 0 Å². The maximum Gasteiger partial charge on any atom is 0.160 e. The lowest BCUT2D eigenvalue weighted by Gasteiger charge is -2.06. The molecular formula is C14H11ClFN3. The maximum absolute atomic E-state index is 13.2. The Morgan fingerprint density at radius 3 is 2.74 bits per heavy atom. The van der Waals surface area contributed by atoms with Gasteiger partial charge in [0.05, 0.1) is 18.6 Å². The van der Waals surface area contributed by atoms with Gasteiger partial charge < -0.3 is 4.57 Å². The van der Waals surface area contributed by atoms with Gasteiger partial charge in [-0.3, -0.25) is 0 Å². The van der Waals surface area contributed by atoms with Gasteiger partial charge in [-0.1, -0.05) is 30.3 Å². The van der Waals surface area contributed by atoms with E-state index in [0.29, 0.717) is 23.5 Å². The summed E-state index contributed by atoms with van der Waals surface area (Å²) in [5.74, 6) is 0.571. The van der Waals surface area contributed by atoms with Gasteiger partial charge >= 0.3 is 0 Å². The molecule has 0 aliphatic rings. The van der Waals surface area contributed by atoms with Crippen molar-refractivity contribution in [2.75, 3.05) is 0 Å². The minimum Gasteiger partial charge on any atom is -0.307 e. The Balaban J connectivity index is 2.11. The summed E-state index contributed by atoms with van der Waals surface area (Å²) >= 11 is 5.90. The molecule has 0 atom stereocenters. The first-order chi connectivity index (χ1) is 9.28. The quantitative estimate of drug-likeness (QED) is 0.686. The summed E-state index contributed by atoms with van der Waals surface area (Å²) in [7, 11) is 0. The summed E-state index contributed by atoms with van der Waals surface area (Å²) in [6.45, 7) is 0.623. The zero-order valence-corrected chi connectivity index (χ0v) is 10.8. The molecule has 0 amide bonds. The first-order valence-corrected chi connectivity index (χ1v) is 6.42. The molecule has 0 aliphatic heterocycles. The summed E-state index contributed by atoms with van der Waals surface area (Å²) in [4.78, 5) is 8.43. The van der Waals surface area contributed by atoms with Crippen molar-refractivity contribution in [1.82, 2.24) is 14.5 Å². The highest BCUT2D eigenvalue weighted by Gasteiger charge is 2.12. The van der Waals surface area contributed by atoms with Crippen LogP contribution in [0.15, 0.2) is 42.6 Å². The van der Waals surface area contributed by atoms with Crippen LogP contribution in [0, 0.1) is 5.82 Å². The van der Waals surface area contributed by atoms with Gasteiger partial charge in [0.15, 0.2) is 5.65 Å². The summed E-state index contributed by atoms with van der Waals surface area (Å²) < 4.78 is 15.1. The predicted molar refractivity (Wildman–Crippen MR) is 72.6 cm³/mol. The molecule has 0 N–H and O–H groups in total. The summed E-state index contributed by atoms with van der Waals surface area (Å²) in [5, 5.41) is 0. The van der Waals surface area contributed by atoms with Crippen molar-refractivity contribution in [2.45, 2.75) is 12.4 Å². The Bertz CT molecular complexity index is 709. The third-order valence-corrected chi connectivity index (χ3v) is 3.17. The van der Waals surface area contributed by atoms with Crippen molar-refractivity contribution >= 4 is 22.8 Å². The highest BCUT2D eigenvalue weighted by Crippen LogP contribution is 2.18. The average molecular weight is 276 g/mol. The molecule has 0 saturated carbocycles. The largest absolute Gasteiger partial charge is 0.307 e. The highest BCUT2D eigenvalue weighted by molar-refractivity contribution is 6.16. The molecule has 3 aromatic rings. The summed E-state index contributed by atoms with van der Waals surface area (Å²) in [6, 6.07) is 11.3. The number of hydrogen-bond donors (Lipinski definition) is 0. The Hall–Kier alpha value is -1.94. The van der Waals surface area contributed by atoms with Crippen LogP contribution in [0.3, 0.4) is 0 Å². The fourth-order valence-electron chi connectivity index (χ4n) is 2.07. The minimum absolute atomic E-state index is 0.269. The molecule has 1 aromatic carbocycles. The van der Waals surface area contributed by atoms with E-state index in [-0.39, 0.29) is 5.88 Å². The fraction of sp³-hybridized carbons (Fsp3) is 0.143. The van der Waals surface area contributed by atoms with Crippen molar-refractivity contribution in [3.63, 3.8) is 0 Å². The molecule has 0 fully saturated rings. The first kappa shape index (κ1) is 12.1. The Morgan fingerprint density at radius 1 is 1.21 bits per heavy atom. The van der Waals surface area contributed by atoms with Crippen molar-refractivity contribution in [2.24, 2.45) is 0 Å². The topological polar surface area (TPSA) is 30.7 Å². The second kappa shape index (κ2) is 4.97. The number of rotatable bonds is 3. The highest BCUT2D eigenvalue weighted by atomic mass is 35.5. The molecule has 0 spiro atoms. The molecule has 5 heteroatoms. The number of fused-ring (bicyclic) bond motifs is 1. The molecule has 0 bridgehead atoms. The molecule has 96 valence electrons. The third-order valence-electron chi connectivity index (χ3n) is 2.93. The van der Waals surface area contributed by atoms with E-state index in [4.69, 9.17) is 11.6 Å². The molecule has 3 nitrogen and oxygen atoms in total. The van der Waals surface area contributed by atoms with Gasteiger partial charge in [0.2, 0.25) is 0 Å². The number of pyridine rings is 1. The van der Waals surface area contributed by atoms with E-state index in [1.54, 1.807) is 0 Å². The van der Waals surface area contributed by atoms with Crippen LogP contribution in [-0.4, -0.2) is 14.5 Å². The number of imidazole rings is 1. The van der Waals surface area contributed by atoms with E-state index in [2.05, 4.69) is 9.97 Å². The zero-order valence-electron chi connectivity index (χ0n) is 10.1. The van der Waals surface area contributed by atoms with E-state index in [9.17, 15) is 4.39 Å². The van der Waals surface area contributed by atoms with E-state index in [0.717, 1.165) is 5.56 Å². The second-order valence-corrected chi connectivity index (χ2v) is 4.50. The molecule has 0 aliphatic carbocycles. The maximum atomic E-state index is 13.2. The van der Waals surface area contributed by atoms with Gasteiger partial charge in [0.1, 0.15) is 17.2 Å². The number of halogens is 2. The van der Waals surface area contributed by atoms with Crippen LogP contribution >= 0.6 is 11.6 Å². The molecule has 0 saturated heterocycles. The monoisotopic (exact) mass is 275 g/mol. The van der Waals surface area contributed by atoms with Gasteiger partial charge in [0, 0.05) is 6.07 Å². The summed E-state index contributed by atoms with van der Waals surface area (Å²) in [5.41, 5.74) is 2.31. The molecule has 3 rings (SSSR count). The van der Waals surface area contributed by atoms with Crippen molar-refractivity contribution in [1.29, 1.82) is 0 Å². The lowest BCUT2D eigenvalue weighted by atomic mass is 10.2. The molecule has 2 heterocycles. The van der Waals surface area contributed by atoms with E-state index in [1.165, 1.54) is 12.3 Å². The lowest BCUT2D eigenvalue weighted by Crippen LogP contribution is -2.04. The van der Waals surface area contributed by atoms with Crippen molar-refractivity contribution in [3.8, 4) is 0 Å². The third kappa shape index (κ3) is 2.31.